The zero-order valence-corrected chi connectivity index (χ0v) is 15.9. The van der Waals surface area contributed by atoms with Crippen molar-refractivity contribution in [2.75, 3.05) is 16.7 Å². The number of sulfonamides is 1. The van der Waals surface area contributed by atoms with Crippen molar-refractivity contribution in [3.8, 4) is 0 Å². The zero-order valence-electron chi connectivity index (χ0n) is 15.1. The maximum absolute atomic E-state index is 13.1. The summed E-state index contributed by atoms with van der Waals surface area (Å²) < 4.78 is 38.6. The molecule has 3 rings (SSSR count). The van der Waals surface area contributed by atoms with E-state index in [1.165, 1.54) is 23.4 Å². The van der Waals surface area contributed by atoms with Crippen molar-refractivity contribution in [2.24, 2.45) is 5.92 Å². The Labute approximate surface area is 155 Å². The van der Waals surface area contributed by atoms with Crippen molar-refractivity contribution in [3.05, 3.63) is 48.6 Å². The smallest absolute Gasteiger partial charge is 0.237 e. The Kier molecular flexibility index (Phi) is 6.32. The molecule has 1 aliphatic rings. The minimum atomic E-state index is -3.57. The van der Waals surface area contributed by atoms with E-state index in [1.807, 2.05) is 6.92 Å². The fourth-order valence-electron chi connectivity index (χ4n) is 3.22. The van der Waals surface area contributed by atoms with Crippen molar-refractivity contribution < 1.29 is 17.6 Å². The monoisotopic (exact) mass is 378 g/mol. The average Bonchev–Trinajstić information content (AvgIpc) is 3.32. The van der Waals surface area contributed by atoms with Gasteiger partial charge in [-0.2, -0.15) is 0 Å². The minimum Gasteiger partial charge on any atom is -0.467 e. The van der Waals surface area contributed by atoms with Crippen LogP contribution in [0.25, 0.3) is 0 Å². The number of rotatable bonds is 9. The fraction of sp³-hybridized carbons (Fsp3) is 0.526. The lowest BCUT2D eigenvalue weighted by Gasteiger charge is -2.24. The summed E-state index contributed by atoms with van der Waals surface area (Å²) in [7, 11) is -3.57. The second kappa shape index (κ2) is 8.68. The molecule has 0 bridgehead atoms. The van der Waals surface area contributed by atoms with Gasteiger partial charge in [0.15, 0.2) is 0 Å². The molecule has 7 heteroatoms. The van der Waals surface area contributed by atoms with Crippen molar-refractivity contribution in [1.29, 1.82) is 0 Å². The highest BCUT2D eigenvalue weighted by atomic mass is 32.2. The Morgan fingerprint density at radius 3 is 2.73 bits per heavy atom. The average molecular weight is 378 g/mol. The summed E-state index contributed by atoms with van der Waals surface area (Å²) in [4.78, 5) is 4.22. The lowest BCUT2D eigenvalue weighted by Crippen LogP contribution is -2.36. The number of pyridine rings is 1. The predicted octanol–water partition coefficient (Wildman–Crippen LogP) is 3.61. The molecule has 1 aliphatic carbocycles. The summed E-state index contributed by atoms with van der Waals surface area (Å²) in [6.07, 6.45) is 7.98. The standard InChI is InChI=1S/C19H26N2O4S/c1-16(14-25-17-7-2-3-8-17)15-26(22,23)21(13-18-9-6-12-24-18)19-10-4-5-11-20-19/h4-6,9-12,16-17H,2-3,7-8,13-15H2,1H3. The van der Waals surface area contributed by atoms with Gasteiger partial charge in [-0.15, -0.1) is 0 Å². The van der Waals surface area contributed by atoms with Gasteiger partial charge in [0.1, 0.15) is 11.6 Å². The quantitative estimate of drug-likeness (QED) is 0.666. The second-order valence-corrected chi connectivity index (χ2v) is 8.84. The van der Waals surface area contributed by atoms with Crippen LogP contribution in [-0.2, 0) is 21.3 Å². The Bertz CT molecular complexity index is 756. The van der Waals surface area contributed by atoms with Gasteiger partial charge < -0.3 is 9.15 Å². The molecule has 1 unspecified atom stereocenters. The molecule has 0 N–H and O–H groups in total. The van der Waals surface area contributed by atoms with Crippen LogP contribution in [0.4, 0.5) is 5.82 Å². The molecular weight excluding hydrogens is 352 g/mol. The van der Waals surface area contributed by atoms with Crippen LogP contribution in [0.3, 0.4) is 0 Å². The van der Waals surface area contributed by atoms with Crippen molar-refractivity contribution >= 4 is 15.8 Å². The third-order valence-corrected chi connectivity index (χ3v) is 6.51. The van der Waals surface area contributed by atoms with Crippen LogP contribution in [0.1, 0.15) is 38.4 Å². The lowest BCUT2D eigenvalue weighted by molar-refractivity contribution is 0.0412. The van der Waals surface area contributed by atoms with Gasteiger partial charge >= 0.3 is 0 Å². The number of furan rings is 1. The van der Waals surface area contributed by atoms with Gasteiger partial charge in [-0.1, -0.05) is 25.8 Å². The Hall–Kier alpha value is -1.86. The molecule has 0 radical (unpaired) electrons. The van der Waals surface area contributed by atoms with E-state index in [9.17, 15) is 8.42 Å². The Morgan fingerprint density at radius 1 is 1.27 bits per heavy atom. The maximum atomic E-state index is 13.1. The minimum absolute atomic E-state index is 0.0109. The molecule has 0 aliphatic heterocycles. The number of hydrogen-bond donors (Lipinski definition) is 0. The molecule has 1 saturated carbocycles. The van der Waals surface area contributed by atoms with E-state index in [0.717, 1.165) is 12.8 Å². The van der Waals surface area contributed by atoms with Crippen LogP contribution >= 0.6 is 0 Å². The summed E-state index contributed by atoms with van der Waals surface area (Å²) >= 11 is 0. The van der Waals surface area contributed by atoms with Gasteiger partial charge in [0.2, 0.25) is 10.0 Å². The molecule has 0 amide bonds. The van der Waals surface area contributed by atoms with E-state index in [-0.39, 0.29) is 24.3 Å². The number of hydrogen-bond acceptors (Lipinski definition) is 5. The Balaban J connectivity index is 1.69. The topological polar surface area (TPSA) is 72.6 Å². The number of nitrogens with zero attached hydrogens (tertiary/aromatic N) is 2. The molecule has 6 nitrogen and oxygen atoms in total. The van der Waals surface area contributed by atoms with Crippen LogP contribution in [0.5, 0.6) is 0 Å². The van der Waals surface area contributed by atoms with Crippen LogP contribution < -0.4 is 4.31 Å². The summed E-state index contributed by atoms with van der Waals surface area (Å²) in [5.41, 5.74) is 0. The molecular formula is C19H26N2O4S. The summed E-state index contributed by atoms with van der Waals surface area (Å²) in [6, 6.07) is 8.74. The highest BCUT2D eigenvalue weighted by Crippen LogP contribution is 2.23. The number of aromatic nitrogens is 1. The SMILES string of the molecule is CC(COC1CCCC1)CS(=O)(=O)N(Cc1ccco1)c1ccccn1. The highest BCUT2D eigenvalue weighted by molar-refractivity contribution is 7.92. The molecule has 2 aromatic rings. The van der Waals surface area contributed by atoms with Gasteiger partial charge in [-0.05, 0) is 43.0 Å². The maximum Gasteiger partial charge on any atom is 0.237 e. The largest absolute Gasteiger partial charge is 0.467 e. The second-order valence-electron chi connectivity index (χ2n) is 6.90. The summed E-state index contributed by atoms with van der Waals surface area (Å²) in [5.74, 6) is 0.891. The predicted molar refractivity (Wildman–Crippen MR) is 100 cm³/mol. The summed E-state index contributed by atoms with van der Waals surface area (Å²) in [6.45, 7) is 2.50. The first-order valence-corrected chi connectivity index (χ1v) is 10.7. The van der Waals surface area contributed by atoms with E-state index in [0.29, 0.717) is 18.2 Å². The highest BCUT2D eigenvalue weighted by Gasteiger charge is 2.27. The van der Waals surface area contributed by atoms with Crippen molar-refractivity contribution in [1.82, 2.24) is 4.98 Å². The van der Waals surface area contributed by atoms with E-state index in [1.54, 1.807) is 36.5 Å². The molecule has 1 fully saturated rings. The van der Waals surface area contributed by atoms with Gasteiger partial charge in [0.05, 0.1) is 31.3 Å². The first-order chi connectivity index (χ1) is 12.5. The van der Waals surface area contributed by atoms with Crippen molar-refractivity contribution in [3.63, 3.8) is 0 Å². The van der Waals surface area contributed by atoms with E-state index in [2.05, 4.69) is 4.98 Å². The number of ether oxygens (including phenoxy) is 1. The molecule has 26 heavy (non-hydrogen) atoms. The van der Waals surface area contributed by atoms with Crippen LogP contribution in [0, 0.1) is 5.92 Å². The molecule has 2 aromatic heterocycles. The van der Waals surface area contributed by atoms with Crippen LogP contribution in [0.2, 0.25) is 0 Å². The van der Waals surface area contributed by atoms with E-state index >= 15 is 0 Å². The molecule has 1 atom stereocenters. The molecule has 0 saturated heterocycles. The zero-order chi connectivity index (χ0) is 18.4. The molecule has 0 aromatic carbocycles. The first kappa shape index (κ1) is 18.9. The van der Waals surface area contributed by atoms with E-state index < -0.39 is 10.0 Å². The van der Waals surface area contributed by atoms with Gasteiger partial charge in [-0.3, -0.25) is 0 Å². The van der Waals surface area contributed by atoms with Crippen LogP contribution in [0.15, 0.2) is 47.2 Å². The van der Waals surface area contributed by atoms with Gasteiger partial charge in [0.25, 0.3) is 0 Å². The molecule has 2 heterocycles. The number of anilines is 1. The fourth-order valence-corrected chi connectivity index (χ4v) is 4.93. The molecule has 142 valence electrons. The van der Waals surface area contributed by atoms with Gasteiger partial charge in [-0.25, -0.2) is 17.7 Å². The summed E-state index contributed by atoms with van der Waals surface area (Å²) in [5, 5.41) is 0. The molecule has 0 spiro atoms. The van der Waals surface area contributed by atoms with Crippen LogP contribution in [-0.4, -0.2) is 31.9 Å². The van der Waals surface area contributed by atoms with E-state index in [4.69, 9.17) is 9.15 Å². The first-order valence-electron chi connectivity index (χ1n) is 9.10. The van der Waals surface area contributed by atoms with Gasteiger partial charge in [0, 0.05) is 6.20 Å². The third kappa shape index (κ3) is 5.08. The third-order valence-electron chi connectivity index (χ3n) is 4.53. The lowest BCUT2D eigenvalue weighted by atomic mass is 10.2. The normalized spacial score (nSPS) is 16.7. The Morgan fingerprint density at radius 2 is 2.08 bits per heavy atom. The van der Waals surface area contributed by atoms with Crippen molar-refractivity contribution in [2.45, 2.75) is 45.3 Å².